The van der Waals surface area contributed by atoms with Gasteiger partial charge in [0.15, 0.2) is 0 Å². The molecular formula is C13H20N2. The van der Waals surface area contributed by atoms with Crippen molar-refractivity contribution in [3.63, 3.8) is 0 Å². The lowest BCUT2D eigenvalue weighted by molar-refractivity contribution is 0.852. The second kappa shape index (κ2) is 5.54. The van der Waals surface area contributed by atoms with Crippen LogP contribution in [0.15, 0.2) is 29.3 Å². The highest BCUT2D eigenvalue weighted by Crippen LogP contribution is 2.10. The summed E-state index contributed by atoms with van der Waals surface area (Å²) in [5.41, 5.74) is 8.45. The van der Waals surface area contributed by atoms with Gasteiger partial charge < -0.3 is 5.73 Å². The first-order chi connectivity index (χ1) is 7.15. The van der Waals surface area contributed by atoms with Crippen LogP contribution in [0.2, 0.25) is 0 Å². The van der Waals surface area contributed by atoms with Crippen molar-refractivity contribution in [3.8, 4) is 0 Å². The largest absolute Gasteiger partial charge is 0.387 e. The van der Waals surface area contributed by atoms with E-state index in [0.717, 1.165) is 12.3 Å². The number of nitrogens with zero attached hydrogens (tertiary/aromatic N) is 1. The Kier molecular flexibility index (Phi) is 4.35. The lowest BCUT2D eigenvalue weighted by Gasteiger charge is -2.07. The number of hydrogen-bond donors (Lipinski definition) is 1. The molecule has 1 aromatic carbocycles. The molecule has 1 rings (SSSR count). The Morgan fingerprint density at radius 3 is 2.40 bits per heavy atom. The molecule has 0 fully saturated rings. The van der Waals surface area contributed by atoms with Gasteiger partial charge in [0.25, 0.3) is 0 Å². The summed E-state index contributed by atoms with van der Waals surface area (Å²) in [6.07, 6.45) is 1.05. The second-order valence-corrected chi connectivity index (χ2v) is 4.02. The fourth-order valence-electron chi connectivity index (χ4n) is 1.42. The van der Waals surface area contributed by atoms with E-state index >= 15 is 0 Å². The molecule has 82 valence electrons. The number of hydrogen-bond acceptors (Lipinski definition) is 1. The lowest BCUT2D eigenvalue weighted by Crippen LogP contribution is -2.18. The highest BCUT2D eigenvalue weighted by atomic mass is 14.9. The highest BCUT2D eigenvalue weighted by Gasteiger charge is 2.01. The van der Waals surface area contributed by atoms with Crippen molar-refractivity contribution in [1.82, 2.24) is 0 Å². The molecule has 0 saturated heterocycles. The van der Waals surface area contributed by atoms with Gasteiger partial charge in [-0.05, 0) is 17.5 Å². The minimum absolute atomic E-state index is 0.332. The molecule has 0 radical (unpaired) electrons. The standard InChI is InChI=1S/C13H20N2/c1-4-11-7-5-6-8-12(11)9-15-13(14)10(2)3/h5-8,10H,4,9H2,1-3H3,(H2,14,15). The Morgan fingerprint density at radius 2 is 1.87 bits per heavy atom. The Labute approximate surface area is 92.2 Å². The van der Waals surface area contributed by atoms with Crippen molar-refractivity contribution < 1.29 is 0 Å². The molecular weight excluding hydrogens is 184 g/mol. The van der Waals surface area contributed by atoms with E-state index in [1.165, 1.54) is 11.1 Å². The lowest BCUT2D eigenvalue weighted by atomic mass is 10.1. The fourth-order valence-corrected chi connectivity index (χ4v) is 1.42. The molecule has 0 aromatic heterocycles. The molecule has 0 amide bonds. The first kappa shape index (κ1) is 11.8. The van der Waals surface area contributed by atoms with Crippen molar-refractivity contribution in [3.05, 3.63) is 35.4 Å². The van der Waals surface area contributed by atoms with Crippen LogP contribution in [0, 0.1) is 5.92 Å². The number of rotatable bonds is 4. The molecule has 0 unspecified atom stereocenters. The van der Waals surface area contributed by atoms with Crippen LogP contribution in [0.1, 0.15) is 31.9 Å². The zero-order valence-corrected chi connectivity index (χ0v) is 9.83. The molecule has 15 heavy (non-hydrogen) atoms. The first-order valence-electron chi connectivity index (χ1n) is 5.51. The zero-order valence-electron chi connectivity index (χ0n) is 9.83. The average molecular weight is 204 g/mol. The summed E-state index contributed by atoms with van der Waals surface area (Å²) in [6.45, 7) is 6.98. The van der Waals surface area contributed by atoms with Crippen LogP contribution in [0.4, 0.5) is 0 Å². The molecule has 0 heterocycles. The van der Waals surface area contributed by atoms with Gasteiger partial charge in [0, 0.05) is 5.92 Å². The van der Waals surface area contributed by atoms with Crippen LogP contribution in [-0.2, 0) is 13.0 Å². The fraction of sp³-hybridized carbons (Fsp3) is 0.462. The molecule has 0 spiro atoms. The highest BCUT2D eigenvalue weighted by molar-refractivity contribution is 5.82. The molecule has 2 N–H and O–H groups in total. The topological polar surface area (TPSA) is 38.4 Å². The van der Waals surface area contributed by atoms with Crippen LogP contribution < -0.4 is 5.73 Å². The minimum Gasteiger partial charge on any atom is -0.387 e. The third-order valence-electron chi connectivity index (χ3n) is 2.52. The average Bonchev–Trinajstić information content (AvgIpc) is 2.26. The molecule has 2 nitrogen and oxygen atoms in total. The SMILES string of the molecule is CCc1ccccc1CN=C(N)C(C)C. The maximum absolute atomic E-state index is 5.81. The zero-order chi connectivity index (χ0) is 11.3. The van der Waals surface area contributed by atoms with E-state index in [0.29, 0.717) is 12.5 Å². The molecule has 0 aliphatic rings. The van der Waals surface area contributed by atoms with Gasteiger partial charge in [-0.15, -0.1) is 0 Å². The maximum atomic E-state index is 5.81. The molecule has 0 aliphatic heterocycles. The Hall–Kier alpha value is -1.31. The third kappa shape index (κ3) is 3.39. The number of amidine groups is 1. The minimum atomic E-state index is 0.332. The smallest absolute Gasteiger partial charge is 0.0966 e. The van der Waals surface area contributed by atoms with Crippen LogP contribution in [0.3, 0.4) is 0 Å². The number of aliphatic imine (C=N–C) groups is 1. The summed E-state index contributed by atoms with van der Waals surface area (Å²) in [4.78, 5) is 4.40. The molecule has 1 aromatic rings. The van der Waals surface area contributed by atoms with Gasteiger partial charge in [-0.3, -0.25) is 4.99 Å². The number of aryl methyl sites for hydroxylation is 1. The van der Waals surface area contributed by atoms with Crippen molar-refractivity contribution in [2.24, 2.45) is 16.6 Å². The summed E-state index contributed by atoms with van der Waals surface area (Å²) < 4.78 is 0. The Bertz CT molecular complexity index is 340. The second-order valence-electron chi connectivity index (χ2n) is 4.02. The molecule has 0 atom stereocenters. The number of benzene rings is 1. The van der Waals surface area contributed by atoms with Crippen LogP contribution >= 0.6 is 0 Å². The van der Waals surface area contributed by atoms with Crippen molar-refractivity contribution in [2.45, 2.75) is 33.7 Å². The van der Waals surface area contributed by atoms with Gasteiger partial charge in [-0.2, -0.15) is 0 Å². The van der Waals surface area contributed by atoms with Crippen LogP contribution in [0.5, 0.6) is 0 Å². The predicted octanol–water partition coefficient (Wildman–Crippen LogP) is 2.76. The van der Waals surface area contributed by atoms with Gasteiger partial charge in [0.1, 0.15) is 0 Å². The summed E-state index contributed by atoms with van der Waals surface area (Å²) >= 11 is 0. The van der Waals surface area contributed by atoms with Crippen LogP contribution in [-0.4, -0.2) is 5.84 Å². The maximum Gasteiger partial charge on any atom is 0.0966 e. The van der Waals surface area contributed by atoms with Gasteiger partial charge in [0.2, 0.25) is 0 Å². The van der Waals surface area contributed by atoms with E-state index in [1.54, 1.807) is 0 Å². The summed E-state index contributed by atoms with van der Waals surface area (Å²) in [7, 11) is 0. The van der Waals surface area contributed by atoms with E-state index in [-0.39, 0.29) is 0 Å². The Balaban J connectivity index is 2.77. The van der Waals surface area contributed by atoms with Gasteiger partial charge in [-0.1, -0.05) is 45.0 Å². The summed E-state index contributed by atoms with van der Waals surface area (Å²) in [5.74, 6) is 1.07. The van der Waals surface area contributed by atoms with Crippen molar-refractivity contribution in [1.29, 1.82) is 0 Å². The van der Waals surface area contributed by atoms with Crippen molar-refractivity contribution in [2.75, 3.05) is 0 Å². The predicted molar refractivity (Wildman–Crippen MR) is 66.0 cm³/mol. The quantitative estimate of drug-likeness (QED) is 0.594. The van der Waals surface area contributed by atoms with E-state index < -0.39 is 0 Å². The van der Waals surface area contributed by atoms with Crippen LogP contribution in [0.25, 0.3) is 0 Å². The van der Waals surface area contributed by atoms with E-state index in [1.807, 2.05) is 0 Å². The van der Waals surface area contributed by atoms with Crippen molar-refractivity contribution >= 4 is 5.84 Å². The normalized spacial score (nSPS) is 12.1. The van der Waals surface area contributed by atoms with E-state index in [2.05, 4.69) is 50.0 Å². The first-order valence-corrected chi connectivity index (χ1v) is 5.51. The van der Waals surface area contributed by atoms with Gasteiger partial charge in [0.05, 0.1) is 12.4 Å². The summed E-state index contributed by atoms with van der Waals surface area (Å²) in [5, 5.41) is 0. The Morgan fingerprint density at radius 1 is 1.27 bits per heavy atom. The third-order valence-corrected chi connectivity index (χ3v) is 2.52. The molecule has 2 heteroatoms. The summed E-state index contributed by atoms with van der Waals surface area (Å²) in [6, 6.07) is 8.39. The number of nitrogens with two attached hydrogens (primary N) is 1. The molecule has 0 aliphatic carbocycles. The van der Waals surface area contributed by atoms with E-state index in [4.69, 9.17) is 5.73 Å². The van der Waals surface area contributed by atoms with Gasteiger partial charge >= 0.3 is 0 Å². The van der Waals surface area contributed by atoms with Gasteiger partial charge in [-0.25, -0.2) is 0 Å². The molecule has 0 bridgehead atoms. The van der Waals surface area contributed by atoms with E-state index in [9.17, 15) is 0 Å². The monoisotopic (exact) mass is 204 g/mol. The molecule has 0 saturated carbocycles.